The van der Waals surface area contributed by atoms with Crippen LogP contribution in [0.5, 0.6) is 5.75 Å². The van der Waals surface area contributed by atoms with Crippen LogP contribution in [0.2, 0.25) is 0 Å². The number of aromatic hydroxyl groups is 1. The SMILES string of the molecule is CCOC(=O)c1cnc(/C(C)=C/c2ccc(O)c(C(=O)O)c2)[nH]c1=O. The van der Waals surface area contributed by atoms with E-state index < -0.39 is 17.5 Å². The smallest absolute Gasteiger partial charge is 0.345 e. The van der Waals surface area contributed by atoms with Gasteiger partial charge in [-0.3, -0.25) is 4.79 Å². The molecule has 1 aromatic carbocycles. The van der Waals surface area contributed by atoms with E-state index in [-0.39, 0.29) is 29.3 Å². The van der Waals surface area contributed by atoms with E-state index >= 15 is 0 Å². The number of allylic oxidation sites excluding steroid dienone is 1. The number of carbonyl (C=O) groups excluding carboxylic acids is 1. The Morgan fingerprint density at radius 2 is 2.04 bits per heavy atom. The lowest BCUT2D eigenvalue weighted by Crippen LogP contribution is -2.21. The minimum atomic E-state index is -1.25. The lowest BCUT2D eigenvalue weighted by atomic mass is 10.1. The van der Waals surface area contributed by atoms with Crippen LogP contribution in [0.1, 0.15) is 46.0 Å². The van der Waals surface area contributed by atoms with Crippen LogP contribution >= 0.6 is 0 Å². The Labute approximate surface area is 142 Å². The second-order valence-electron chi connectivity index (χ2n) is 5.10. The van der Waals surface area contributed by atoms with Gasteiger partial charge in [0.1, 0.15) is 22.7 Å². The van der Waals surface area contributed by atoms with Gasteiger partial charge in [0.05, 0.1) is 6.61 Å². The first-order valence-corrected chi connectivity index (χ1v) is 7.35. The number of hydrogen-bond donors (Lipinski definition) is 3. The molecule has 2 aromatic rings. The Morgan fingerprint density at radius 3 is 2.64 bits per heavy atom. The first kappa shape index (κ1) is 17.9. The summed E-state index contributed by atoms with van der Waals surface area (Å²) in [4.78, 5) is 41.1. The molecule has 0 radical (unpaired) electrons. The Morgan fingerprint density at radius 1 is 1.32 bits per heavy atom. The third-order valence-electron chi connectivity index (χ3n) is 3.30. The summed E-state index contributed by atoms with van der Waals surface area (Å²) in [6.45, 7) is 3.44. The molecule has 0 unspecified atom stereocenters. The number of benzene rings is 1. The number of carboxylic acid groups (broad SMARTS) is 1. The van der Waals surface area contributed by atoms with Crippen molar-refractivity contribution in [3.8, 4) is 5.75 Å². The van der Waals surface area contributed by atoms with E-state index in [1.807, 2.05) is 0 Å². The zero-order chi connectivity index (χ0) is 18.6. The molecule has 8 heteroatoms. The molecule has 2 rings (SSSR count). The molecule has 130 valence electrons. The normalized spacial score (nSPS) is 11.2. The van der Waals surface area contributed by atoms with E-state index in [0.29, 0.717) is 11.1 Å². The van der Waals surface area contributed by atoms with E-state index in [9.17, 15) is 19.5 Å². The number of nitrogens with one attached hydrogen (secondary N) is 1. The summed E-state index contributed by atoms with van der Waals surface area (Å²) in [6, 6.07) is 4.09. The number of hydrogen-bond acceptors (Lipinski definition) is 6. The van der Waals surface area contributed by atoms with Crippen LogP contribution in [0.4, 0.5) is 0 Å². The number of phenols is 1. The molecule has 0 atom stereocenters. The number of aromatic amines is 1. The minimum Gasteiger partial charge on any atom is -0.507 e. The van der Waals surface area contributed by atoms with Gasteiger partial charge >= 0.3 is 11.9 Å². The number of carboxylic acids is 1. The van der Waals surface area contributed by atoms with Gasteiger partial charge in [0, 0.05) is 6.20 Å². The van der Waals surface area contributed by atoms with Gasteiger partial charge in [-0.05, 0) is 43.2 Å². The van der Waals surface area contributed by atoms with Crippen LogP contribution in [0.3, 0.4) is 0 Å². The van der Waals surface area contributed by atoms with Crippen molar-refractivity contribution in [2.24, 2.45) is 0 Å². The Kier molecular flexibility index (Phi) is 5.33. The molecule has 0 spiro atoms. The van der Waals surface area contributed by atoms with Crippen molar-refractivity contribution >= 4 is 23.6 Å². The van der Waals surface area contributed by atoms with Gasteiger partial charge in [0.25, 0.3) is 5.56 Å². The molecule has 1 heterocycles. The molecule has 25 heavy (non-hydrogen) atoms. The number of aromatic nitrogens is 2. The first-order chi connectivity index (χ1) is 11.8. The Balaban J connectivity index is 2.36. The van der Waals surface area contributed by atoms with Crippen LogP contribution in [-0.2, 0) is 4.74 Å². The fourth-order valence-electron chi connectivity index (χ4n) is 2.08. The van der Waals surface area contributed by atoms with Gasteiger partial charge in [0.2, 0.25) is 0 Å². The standard InChI is InChI=1S/C17H16N2O6/c1-3-25-17(24)12-8-18-14(19-15(12)21)9(2)6-10-4-5-13(20)11(7-10)16(22)23/h4-8,20H,3H2,1-2H3,(H,22,23)(H,18,19,21)/b9-6+. The summed E-state index contributed by atoms with van der Waals surface area (Å²) in [6.07, 6.45) is 2.72. The summed E-state index contributed by atoms with van der Waals surface area (Å²) < 4.78 is 4.76. The van der Waals surface area contributed by atoms with Gasteiger partial charge in [-0.2, -0.15) is 0 Å². The number of carbonyl (C=O) groups is 2. The van der Waals surface area contributed by atoms with Crippen LogP contribution in [-0.4, -0.2) is 38.7 Å². The van der Waals surface area contributed by atoms with Gasteiger partial charge in [0.15, 0.2) is 0 Å². The van der Waals surface area contributed by atoms with Crippen LogP contribution in [0.25, 0.3) is 11.6 Å². The highest BCUT2D eigenvalue weighted by Gasteiger charge is 2.14. The Hall–Kier alpha value is -3.42. The summed E-state index contributed by atoms with van der Waals surface area (Å²) in [7, 11) is 0. The second-order valence-corrected chi connectivity index (χ2v) is 5.10. The molecule has 8 nitrogen and oxygen atoms in total. The van der Waals surface area contributed by atoms with Crippen molar-refractivity contribution in [1.29, 1.82) is 0 Å². The monoisotopic (exact) mass is 344 g/mol. The second kappa shape index (κ2) is 7.43. The van der Waals surface area contributed by atoms with E-state index in [0.717, 1.165) is 6.20 Å². The van der Waals surface area contributed by atoms with Crippen molar-refractivity contribution < 1.29 is 24.5 Å². The number of esters is 1. The topological polar surface area (TPSA) is 130 Å². The maximum atomic E-state index is 12.0. The highest BCUT2D eigenvalue weighted by atomic mass is 16.5. The quantitative estimate of drug-likeness (QED) is 0.706. The van der Waals surface area contributed by atoms with Crippen molar-refractivity contribution in [2.75, 3.05) is 6.61 Å². The molecule has 1 aromatic heterocycles. The van der Waals surface area contributed by atoms with Crippen LogP contribution in [0.15, 0.2) is 29.2 Å². The van der Waals surface area contributed by atoms with Crippen molar-refractivity contribution in [2.45, 2.75) is 13.8 Å². The maximum absolute atomic E-state index is 12.0. The molecule has 0 aliphatic rings. The molecule has 0 fully saturated rings. The molecule has 3 N–H and O–H groups in total. The fraction of sp³-hybridized carbons (Fsp3) is 0.176. The zero-order valence-electron chi connectivity index (χ0n) is 13.6. The third-order valence-corrected chi connectivity index (χ3v) is 3.30. The highest BCUT2D eigenvalue weighted by Crippen LogP contribution is 2.21. The number of nitrogens with zero attached hydrogens (tertiary/aromatic N) is 1. The predicted octanol–water partition coefficient (Wildman–Crippen LogP) is 1.91. The van der Waals surface area contributed by atoms with Gasteiger partial charge in [-0.25, -0.2) is 14.6 Å². The minimum absolute atomic E-state index is 0.145. The number of ether oxygens (including phenoxy) is 1. The van der Waals surface area contributed by atoms with Crippen molar-refractivity contribution in [1.82, 2.24) is 9.97 Å². The average Bonchev–Trinajstić information content (AvgIpc) is 2.56. The van der Waals surface area contributed by atoms with Gasteiger partial charge in [-0.1, -0.05) is 6.07 Å². The molecule has 0 bridgehead atoms. The number of rotatable bonds is 5. The molecule has 0 amide bonds. The van der Waals surface area contributed by atoms with Crippen molar-refractivity contribution in [3.05, 3.63) is 57.3 Å². The summed E-state index contributed by atoms with van der Waals surface area (Å²) in [5, 5.41) is 18.5. The number of H-pyrrole nitrogens is 1. The largest absolute Gasteiger partial charge is 0.507 e. The zero-order valence-corrected chi connectivity index (χ0v) is 13.6. The van der Waals surface area contributed by atoms with E-state index in [1.165, 1.54) is 18.2 Å². The van der Waals surface area contributed by atoms with Crippen LogP contribution < -0.4 is 5.56 Å². The lowest BCUT2D eigenvalue weighted by molar-refractivity contribution is 0.0523. The van der Waals surface area contributed by atoms with Gasteiger partial charge in [-0.15, -0.1) is 0 Å². The van der Waals surface area contributed by atoms with E-state index in [4.69, 9.17) is 9.84 Å². The predicted molar refractivity (Wildman–Crippen MR) is 89.4 cm³/mol. The lowest BCUT2D eigenvalue weighted by Gasteiger charge is -2.05. The molecular weight excluding hydrogens is 328 g/mol. The van der Waals surface area contributed by atoms with E-state index in [1.54, 1.807) is 19.9 Å². The van der Waals surface area contributed by atoms with Gasteiger partial charge < -0.3 is 19.9 Å². The van der Waals surface area contributed by atoms with Crippen molar-refractivity contribution in [3.63, 3.8) is 0 Å². The molecule has 0 aliphatic heterocycles. The Bertz CT molecular complexity index is 914. The first-order valence-electron chi connectivity index (χ1n) is 7.35. The molecule has 0 saturated heterocycles. The molecular formula is C17H16N2O6. The molecule has 0 saturated carbocycles. The fourth-order valence-corrected chi connectivity index (χ4v) is 2.08. The number of aromatic carboxylic acids is 1. The molecule has 0 aliphatic carbocycles. The maximum Gasteiger partial charge on any atom is 0.345 e. The average molecular weight is 344 g/mol. The highest BCUT2D eigenvalue weighted by molar-refractivity contribution is 5.92. The summed E-state index contributed by atoms with van der Waals surface area (Å²) in [5.41, 5.74) is -0.0238. The van der Waals surface area contributed by atoms with Crippen LogP contribution in [0, 0.1) is 0 Å². The van der Waals surface area contributed by atoms with E-state index in [2.05, 4.69) is 9.97 Å². The third kappa shape index (κ3) is 4.11. The summed E-state index contributed by atoms with van der Waals surface area (Å²) >= 11 is 0. The summed E-state index contributed by atoms with van der Waals surface area (Å²) in [5.74, 6) is -2.12.